The summed E-state index contributed by atoms with van der Waals surface area (Å²) in [6.07, 6.45) is 2.86. The first-order valence-corrected chi connectivity index (χ1v) is 6.16. The summed E-state index contributed by atoms with van der Waals surface area (Å²) in [6.45, 7) is 0. The number of hydrogen-bond acceptors (Lipinski definition) is 3. The molecule has 18 heavy (non-hydrogen) atoms. The Kier molecular flexibility index (Phi) is 4.31. The Morgan fingerprint density at radius 3 is 2.61 bits per heavy atom. The molecule has 1 aromatic rings. The van der Waals surface area contributed by atoms with Gasteiger partial charge < -0.3 is 9.47 Å². The topological polar surface area (TPSA) is 35.5 Å². The summed E-state index contributed by atoms with van der Waals surface area (Å²) in [5, 5.41) is 0. The molecule has 0 aromatic heterocycles. The van der Waals surface area contributed by atoms with Crippen molar-refractivity contribution in [2.45, 2.75) is 37.9 Å². The lowest BCUT2D eigenvalue weighted by Gasteiger charge is -2.18. The average Bonchev–Trinajstić information content (AvgIpc) is 2.79. The Morgan fingerprint density at radius 1 is 1.28 bits per heavy atom. The lowest BCUT2D eigenvalue weighted by atomic mass is 10.1. The number of rotatable bonds is 4. The first-order chi connectivity index (χ1) is 8.69. The largest absolute Gasteiger partial charge is 0.459 e. The minimum Gasteiger partial charge on any atom is -0.459 e. The van der Waals surface area contributed by atoms with Crippen LogP contribution in [-0.2, 0) is 20.7 Å². The molecule has 1 aromatic carbocycles. The van der Waals surface area contributed by atoms with E-state index in [1.165, 1.54) is 12.1 Å². The Bertz CT molecular complexity index is 402. The highest BCUT2D eigenvalue weighted by Crippen LogP contribution is 2.24. The number of benzene rings is 1. The van der Waals surface area contributed by atoms with Crippen LogP contribution in [0.3, 0.4) is 0 Å². The molecular formula is C14H17FO3. The zero-order chi connectivity index (χ0) is 13.0. The first kappa shape index (κ1) is 13.0. The van der Waals surface area contributed by atoms with Crippen LogP contribution in [0.2, 0.25) is 0 Å². The molecule has 0 radical (unpaired) electrons. The van der Waals surface area contributed by atoms with Crippen molar-refractivity contribution < 1.29 is 18.7 Å². The van der Waals surface area contributed by atoms with E-state index in [0.717, 1.165) is 24.8 Å². The minimum atomic E-state index is -0.303. The lowest BCUT2D eigenvalue weighted by Crippen LogP contribution is -2.28. The molecule has 1 fully saturated rings. The Hall–Kier alpha value is -1.42. The molecule has 0 unspecified atom stereocenters. The number of methoxy groups -OCH3 is 1. The maximum atomic E-state index is 12.7. The van der Waals surface area contributed by atoms with Crippen LogP contribution in [0, 0.1) is 5.82 Å². The van der Waals surface area contributed by atoms with Crippen LogP contribution in [-0.4, -0.2) is 25.3 Å². The van der Waals surface area contributed by atoms with E-state index in [0.29, 0.717) is 0 Å². The van der Waals surface area contributed by atoms with Gasteiger partial charge in [-0.2, -0.15) is 0 Å². The summed E-state index contributed by atoms with van der Waals surface area (Å²) in [5.74, 6) is -0.585. The minimum absolute atomic E-state index is 0.0159. The molecule has 0 amide bonds. The Balaban J connectivity index is 1.86. The van der Waals surface area contributed by atoms with Crippen molar-refractivity contribution in [3.63, 3.8) is 0 Å². The van der Waals surface area contributed by atoms with Crippen molar-refractivity contribution in [2.24, 2.45) is 0 Å². The molecule has 3 nitrogen and oxygen atoms in total. The van der Waals surface area contributed by atoms with Gasteiger partial charge in [-0.15, -0.1) is 0 Å². The second-order valence-electron chi connectivity index (χ2n) is 4.54. The molecule has 1 aliphatic rings. The zero-order valence-corrected chi connectivity index (χ0v) is 10.4. The van der Waals surface area contributed by atoms with Gasteiger partial charge in [-0.25, -0.2) is 4.39 Å². The van der Waals surface area contributed by atoms with E-state index in [9.17, 15) is 9.18 Å². The van der Waals surface area contributed by atoms with Gasteiger partial charge in [-0.05, 0) is 37.0 Å². The van der Waals surface area contributed by atoms with Gasteiger partial charge in [-0.3, -0.25) is 4.79 Å². The molecule has 2 rings (SSSR count). The van der Waals surface area contributed by atoms with E-state index < -0.39 is 0 Å². The molecule has 0 N–H and O–H groups in total. The van der Waals surface area contributed by atoms with E-state index in [2.05, 4.69) is 0 Å². The molecule has 0 bridgehead atoms. The van der Waals surface area contributed by atoms with Crippen molar-refractivity contribution in [1.29, 1.82) is 0 Å². The van der Waals surface area contributed by atoms with Gasteiger partial charge in [0.15, 0.2) is 0 Å². The van der Waals surface area contributed by atoms with Crippen LogP contribution >= 0.6 is 0 Å². The lowest BCUT2D eigenvalue weighted by molar-refractivity contribution is -0.153. The SMILES string of the molecule is CO[C@@H]1CCC[C@@H]1OC(=O)Cc1ccc(F)cc1. The number of ether oxygens (including phenoxy) is 2. The summed E-state index contributed by atoms with van der Waals surface area (Å²) < 4.78 is 23.4. The normalized spacial score (nSPS) is 23.0. The fourth-order valence-electron chi connectivity index (χ4n) is 2.28. The molecule has 0 spiro atoms. The van der Waals surface area contributed by atoms with Crippen LogP contribution in [0.4, 0.5) is 4.39 Å². The summed E-state index contributed by atoms with van der Waals surface area (Å²) in [5.41, 5.74) is 0.758. The molecule has 0 heterocycles. The summed E-state index contributed by atoms with van der Waals surface area (Å²) in [4.78, 5) is 11.7. The number of hydrogen-bond donors (Lipinski definition) is 0. The van der Waals surface area contributed by atoms with Crippen LogP contribution in [0.5, 0.6) is 0 Å². The predicted molar refractivity (Wildman–Crippen MR) is 64.6 cm³/mol. The van der Waals surface area contributed by atoms with E-state index >= 15 is 0 Å². The van der Waals surface area contributed by atoms with Crippen LogP contribution in [0.25, 0.3) is 0 Å². The fourth-order valence-corrected chi connectivity index (χ4v) is 2.28. The monoisotopic (exact) mass is 252 g/mol. The van der Waals surface area contributed by atoms with Crippen molar-refractivity contribution in [3.05, 3.63) is 35.6 Å². The molecule has 0 saturated heterocycles. The van der Waals surface area contributed by atoms with Crippen molar-refractivity contribution in [3.8, 4) is 0 Å². The van der Waals surface area contributed by atoms with E-state index in [1.807, 2.05) is 0 Å². The smallest absolute Gasteiger partial charge is 0.310 e. The van der Waals surface area contributed by atoms with E-state index in [4.69, 9.17) is 9.47 Å². The summed E-state index contributed by atoms with van der Waals surface area (Å²) >= 11 is 0. The maximum Gasteiger partial charge on any atom is 0.310 e. The predicted octanol–water partition coefficient (Wildman–Crippen LogP) is 2.48. The molecule has 98 valence electrons. The zero-order valence-electron chi connectivity index (χ0n) is 10.4. The van der Waals surface area contributed by atoms with Gasteiger partial charge >= 0.3 is 5.97 Å². The van der Waals surface area contributed by atoms with Gasteiger partial charge in [0.05, 0.1) is 12.5 Å². The second-order valence-corrected chi connectivity index (χ2v) is 4.54. The van der Waals surface area contributed by atoms with Gasteiger partial charge in [0.1, 0.15) is 11.9 Å². The highest BCUT2D eigenvalue weighted by Gasteiger charge is 2.30. The van der Waals surface area contributed by atoms with Crippen molar-refractivity contribution in [2.75, 3.05) is 7.11 Å². The van der Waals surface area contributed by atoms with Gasteiger partial charge in [0, 0.05) is 7.11 Å². The summed E-state index contributed by atoms with van der Waals surface area (Å²) in [7, 11) is 1.64. The molecular weight excluding hydrogens is 235 g/mol. The Labute approximate surface area is 106 Å². The van der Waals surface area contributed by atoms with Crippen molar-refractivity contribution in [1.82, 2.24) is 0 Å². The molecule has 1 aliphatic carbocycles. The highest BCUT2D eigenvalue weighted by molar-refractivity contribution is 5.72. The third-order valence-electron chi connectivity index (χ3n) is 3.24. The number of carbonyl (C=O) groups excluding carboxylic acids is 1. The maximum absolute atomic E-state index is 12.7. The number of carbonyl (C=O) groups is 1. The van der Waals surface area contributed by atoms with Crippen LogP contribution in [0.1, 0.15) is 24.8 Å². The molecule has 1 saturated carbocycles. The van der Waals surface area contributed by atoms with Crippen molar-refractivity contribution >= 4 is 5.97 Å². The average molecular weight is 252 g/mol. The quantitative estimate of drug-likeness (QED) is 0.772. The number of esters is 1. The third-order valence-corrected chi connectivity index (χ3v) is 3.24. The second kappa shape index (κ2) is 5.96. The Morgan fingerprint density at radius 2 is 1.94 bits per heavy atom. The van der Waals surface area contributed by atoms with Gasteiger partial charge in [0.25, 0.3) is 0 Å². The summed E-state index contributed by atoms with van der Waals surface area (Å²) in [6, 6.07) is 5.88. The third kappa shape index (κ3) is 3.29. The molecule has 2 atom stereocenters. The fraction of sp³-hybridized carbons (Fsp3) is 0.500. The van der Waals surface area contributed by atoms with Gasteiger partial charge in [0.2, 0.25) is 0 Å². The first-order valence-electron chi connectivity index (χ1n) is 6.16. The standard InChI is InChI=1S/C14H17FO3/c1-17-12-3-2-4-13(12)18-14(16)9-10-5-7-11(15)8-6-10/h5-8,12-13H,2-4,9H2,1H3/t12-,13+/m1/s1. The highest BCUT2D eigenvalue weighted by atomic mass is 19.1. The van der Waals surface area contributed by atoms with Crippen LogP contribution in [0.15, 0.2) is 24.3 Å². The van der Waals surface area contributed by atoms with Crippen LogP contribution < -0.4 is 0 Å². The van der Waals surface area contributed by atoms with Gasteiger partial charge in [-0.1, -0.05) is 12.1 Å². The molecule has 0 aliphatic heterocycles. The molecule has 4 heteroatoms. The number of halogens is 1. The van der Waals surface area contributed by atoms with E-state index in [-0.39, 0.29) is 30.4 Å². The van der Waals surface area contributed by atoms with E-state index in [1.54, 1.807) is 19.2 Å².